The number of terminal acetylenes is 1. The molecule has 0 fully saturated rings. The van der Waals surface area contributed by atoms with Crippen LogP contribution in [0.25, 0.3) is 0 Å². The standard InChI is InChI=1S/C10H11NO/c1-2-8-11-12-9-10-6-4-3-5-7-10/h1,3-7,11H,8-9H2. The molecule has 0 heterocycles. The molecule has 0 aliphatic heterocycles. The van der Waals surface area contributed by atoms with Crippen molar-refractivity contribution in [1.82, 2.24) is 5.48 Å². The molecule has 1 rings (SSSR count). The third-order valence-electron chi connectivity index (χ3n) is 1.36. The molecular formula is C10H11NO. The summed E-state index contributed by atoms with van der Waals surface area (Å²) in [4.78, 5) is 5.07. The first kappa shape index (κ1) is 8.79. The van der Waals surface area contributed by atoms with Crippen LogP contribution in [-0.4, -0.2) is 6.54 Å². The Morgan fingerprint density at radius 1 is 1.33 bits per heavy atom. The van der Waals surface area contributed by atoms with Crippen molar-refractivity contribution in [3.8, 4) is 12.3 Å². The molecule has 1 N–H and O–H groups in total. The highest BCUT2D eigenvalue weighted by atomic mass is 16.6. The molecule has 0 saturated carbocycles. The van der Waals surface area contributed by atoms with Crippen molar-refractivity contribution in [1.29, 1.82) is 0 Å². The van der Waals surface area contributed by atoms with Crippen LogP contribution < -0.4 is 5.48 Å². The summed E-state index contributed by atoms with van der Waals surface area (Å²) in [6.07, 6.45) is 5.02. The topological polar surface area (TPSA) is 21.3 Å². The molecule has 0 amide bonds. The van der Waals surface area contributed by atoms with Crippen LogP contribution in [0.1, 0.15) is 5.56 Å². The Morgan fingerprint density at radius 2 is 2.08 bits per heavy atom. The first-order chi connectivity index (χ1) is 5.93. The van der Waals surface area contributed by atoms with Crippen LogP contribution in [0.5, 0.6) is 0 Å². The number of hydroxylamine groups is 1. The molecule has 2 heteroatoms. The SMILES string of the molecule is C#CCNOCc1ccccc1. The fourth-order valence-electron chi connectivity index (χ4n) is 0.801. The average Bonchev–Trinajstić information content (AvgIpc) is 2.14. The predicted octanol–water partition coefficient (Wildman–Crippen LogP) is 1.34. The van der Waals surface area contributed by atoms with Crippen molar-refractivity contribution < 1.29 is 4.84 Å². The van der Waals surface area contributed by atoms with E-state index in [2.05, 4.69) is 11.4 Å². The van der Waals surface area contributed by atoms with Crippen LogP contribution in [0.15, 0.2) is 30.3 Å². The van der Waals surface area contributed by atoms with E-state index in [1.54, 1.807) is 0 Å². The van der Waals surface area contributed by atoms with Crippen LogP contribution in [0.2, 0.25) is 0 Å². The van der Waals surface area contributed by atoms with Gasteiger partial charge in [0.1, 0.15) is 0 Å². The van der Waals surface area contributed by atoms with E-state index in [4.69, 9.17) is 11.3 Å². The molecule has 0 bridgehead atoms. The van der Waals surface area contributed by atoms with E-state index in [9.17, 15) is 0 Å². The summed E-state index contributed by atoms with van der Waals surface area (Å²) in [5, 5.41) is 0. The Bertz CT molecular complexity index is 250. The van der Waals surface area contributed by atoms with Crippen molar-refractivity contribution in [2.45, 2.75) is 6.61 Å². The summed E-state index contributed by atoms with van der Waals surface area (Å²) in [5.41, 5.74) is 3.77. The smallest absolute Gasteiger partial charge is 0.0933 e. The largest absolute Gasteiger partial charge is 0.296 e. The first-order valence-corrected chi connectivity index (χ1v) is 3.75. The Morgan fingerprint density at radius 3 is 2.75 bits per heavy atom. The summed E-state index contributed by atoms with van der Waals surface area (Å²) in [6, 6.07) is 9.91. The summed E-state index contributed by atoms with van der Waals surface area (Å²) in [5.74, 6) is 2.42. The van der Waals surface area contributed by atoms with Gasteiger partial charge >= 0.3 is 0 Å². The lowest BCUT2D eigenvalue weighted by atomic mass is 10.2. The van der Waals surface area contributed by atoms with Gasteiger partial charge in [0.05, 0.1) is 13.2 Å². The monoisotopic (exact) mass is 161 g/mol. The van der Waals surface area contributed by atoms with Gasteiger partial charge in [0.15, 0.2) is 0 Å². The average molecular weight is 161 g/mol. The molecule has 12 heavy (non-hydrogen) atoms. The lowest BCUT2D eigenvalue weighted by Gasteiger charge is -2.01. The predicted molar refractivity (Wildman–Crippen MR) is 48.1 cm³/mol. The number of rotatable bonds is 4. The molecule has 2 nitrogen and oxygen atoms in total. The minimum Gasteiger partial charge on any atom is -0.296 e. The van der Waals surface area contributed by atoms with E-state index in [-0.39, 0.29) is 0 Å². The van der Waals surface area contributed by atoms with Crippen LogP contribution in [0.4, 0.5) is 0 Å². The lowest BCUT2D eigenvalue weighted by molar-refractivity contribution is 0.0364. The normalized spacial score (nSPS) is 9.25. The highest BCUT2D eigenvalue weighted by Gasteiger charge is 1.88. The van der Waals surface area contributed by atoms with Crippen molar-refractivity contribution in [3.63, 3.8) is 0 Å². The van der Waals surface area contributed by atoms with Crippen molar-refractivity contribution in [3.05, 3.63) is 35.9 Å². The van der Waals surface area contributed by atoms with Crippen LogP contribution in [0.3, 0.4) is 0 Å². The Balaban J connectivity index is 2.21. The van der Waals surface area contributed by atoms with E-state index < -0.39 is 0 Å². The number of nitrogens with one attached hydrogen (secondary N) is 1. The molecule has 0 saturated heterocycles. The molecule has 0 radical (unpaired) electrons. The van der Waals surface area contributed by atoms with E-state index >= 15 is 0 Å². The van der Waals surface area contributed by atoms with Gasteiger partial charge in [-0.15, -0.1) is 6.42 Å². The van der Waals surface area contributed by atoms with Crippen molar-refractivity contribution in [2.75, 3.05) is 6.54 Å². The first-order valence-electron chi connectivity index (χ1n) is 3.75. The highest BCUT2D eigenvalue weighted by molar-refractivity contribution is 5.13. The van der Waals surface area contributed by atoms with Gasteiger partial charge in [0.25, 0.3) is 0 Å². The molecular weight excluding hydrogens is 150 g/mol. The third kappa shape index (κ3) is 3.20. The maximum absolute atomic E-state index is 5.07. The second kappa shape index (κ2) is 5.36. The summed E-state index contributed by atoms with van der Waals surface area (Å²) in [6.45, 7) is 0.982. The number of hydrogen-bond acceptors (Lipinski definition) is 2. The molecule has 0 atom stereocenters. The quantitative estimate of drug-likeness (QED) is 0.409. The maximum atomic E-state index is 5.07. The van der Waals surface area contributed by atoms with Crippen molar-refractivity contribution >= 4 is 0 Å². The zero-order chi connectivity index (χ0) is 8.65. The van der Waals surface area contributed by atoms with Crippen LogP contribution in [-0.2, 0) is 11.4 Å². The Hall–Kier alpha value is -1.30. The van der Waals surface area contributed by atoms with Crippen LogP contribution >= 0.6 is 0 Å². The van der Waals surface area contributed by atoms with E-state index in [1.165, 1.54) is 0 Å². The molecule has 1 aromatic rings. The summed E-state index contributed by atoms with van der Waals surface area (Å²) < 4.78 is 0. The molecule has 0 spiro atoms. The molecule has 0 aliphatic carbocycles. The van der Waals surface area contributed by atoms with Gasteiger partial charge in [-0.1, -0.05) is 36.3 Å². The lowest BCUT2D eigenvalue weighted by Crippen LogP contribution is -2.14. The molecule has 0 aromatic heterocycles. The summed E-state index contributed by atoms with van der Waals surface area (Å²) in [7, 11) is 0. The second-order valence-electron chi connectivity index (χ2n) is 2.30. The van der Waals surface area contributed by atoms with Gasteiger partial charge in [-0.25, -0.2) is 0 Å². The van der Waals surface area contributed by atoms with Gasteiger partial charge in [-0.2, -0.15) is 5.48 Å². The fourth-order valence-corrected chi connectivity index (χ4v) is 0.801. The van der Waals surface area contributed by atoms with Gasteiger partial charge in [0.2, 0.25) is 0 Å². The van der Waals surface area contributed by atoms with Crippen molar-refractivity contribution in [2.24, 2.45) is 0 Å². The fraction of sp³-hybridized carbons (Fsp3) is 0.200. The maximum Gasteiger partial charge on any atom is 0.0933 e. The zero-order valence-corrected chi connectivity index (χ0v) is 6.79. The molecule has 1 aromatic carbocycles. The Labute approximate surface area is 72.5 Å². The molecule has 0 aliphatic rings. The molecule has 62 valence electrons. The van der Waals surface area contributed by atoms with Crippen LogP contribution in [0, 0.1) is 12.3 Å². The van der Waals surface area contributed by atoms with Gasteiger partial charge < -0.3 is 0 Å². The van der Waals surface area contributed by atoms with Gasteiger partial charge in [0, 0.05) is 0 Å². The second-order valence-corrected chi connectivity index (χ2v) is 2.30. The van der Waals surface area contributed by atoms with E-state index in [0.29, 0.717) is 13.2 Å². The van der Waals surface area contributed by atoms with E-state index in [0.717, 1.165) is 5.56 Å². The number of benzene rings is 1. The minimum absolute atomic E-state index is 0.437. The minimum atomic E-state index is 0.437. The van der Waals surface area contributed by atoms with Gasteiger partial charge in [-0.3, -0.25) is 4.84 Å². The van der Waals surface area contributed by atoms with E-state index in [1.807, 2.05) is 30.3 Å². The third-order valence-corrected chi connectivity index (χ3v) is 1.36. The zero-order valence-electron chi connectivity index (χ0n) is 6.79. The highest BCUT2D eigenvalue weighted by Crippen LogP contribution is 1.98. The number of hydrogen-bond donors (Lipinski definition) is 1. The summed E-state index contributed by atoms with van der Waals surface area (Å²) >= 11 is 0. The molecule has 0 unspecified atom stereocenters. The Kier molecular flexibility index (Phi) is 3.93. The van der Waals surface area contributed by atoms with Gasteiger partial charge in [-0.05, 0) is 5.56 Å².